The van der Waals surface area contributed by atoms with Crippen LogP contribution in [0.25, 0.3) is 5.57 Å². The van der Waals surface area contributed by atoms with Gasteiger partial charge in [-0.1, -0.05) is 37.4 Å². The lowest BCUT2D eigenvalue weighted by atomic mass is 9.96. The molecule has 1 aromatic carbocycles. The molecule has 78 valence electrons. The van der Waals surface area contributed by atoms with Crippen LogP contribution in [0.4, 0.5) is 0 Å². The van der Waals surface area contributed by atoms with Crippen LogP contribution in [0, 0.1) is 0 Å². The Kier molecular flexibility index (Phi) is 4.00. The summed E-state index contributed by atoms with van der Waals surface area (Å²) in [5.74, 6) is 0. The lowest BCUT2D eigenvalue weighted by Gasteiger charge is -2.12. The van der Waals surface area contributed by atoms with Crippen LogP contribution in [0.2, 0.25) is 0 Å². The maximum absolute atomic E-state index is 4.44. The predicted octanol–water partition coefficient (Wildman–Crippen LogP) is 4.88. The van der Waals surface area contributed by atoms with E-state index in [0.29, 0.717) is 0 Å². The normalized spacial score (nSPS) is 9.80. The van der Waals surface area contributed by atoms with E-state index in [1.165, 1.54) is 0 Å². The molecule has 0 heterocycles. The fourth-order valence-electron chi connectivity index (χ4n) is 1.18. The van der Waals surface area contributed by atoms with Crippen LogP contribution < -0.4 is 0 Å². The third-order valence-corrected chi connectivity index (χ3v) is 3.64. The van der Waals surface area contributed by atoms with E-state index in [2.05, 4.69) is 48.3 Å². The lowest BCUT2D eigenvalue weighted by Crippen LogP contribution is -1.90. The molecule has 0 nitrogen and oxygen atoms in total. The number of hydrogen-bond donors (Lipinski definition) is 1. The predicted molar refractivity (Wildman–Crippen MR) is 74.4 cm³/mol. The molecule has 0 fully saturated rings. The van der Waals surface area contributed by atoms with E-state index in [-0.39, 0.29) is 0 Å². The Labute approximate surface area is 105 Å². The molecule has 0 atom stereocenters. The van der Waals surface area contributed by atoms with Crippen molar-refractivity contribution in [2.75, 3.05) is 0 Å². The summed E-state index contributed by atoms with van der Waals surface area (Å²) in [6, 6.07) is 5.88. The smallest absolute Gasteiger partial charge is 0.0314 e. The van der Waals surface area contributed by atoms with Gasteiger partial charge in [0, 0.05) is 9.37 Å². The number of allylic oxidation sites excluding steroid dienone is 3. The van der Waals surface area contributed by atoms with Crippen LogP contribution in [-0.2, 0) is 0 Å². The first kappa shape index (κ1) is 12.3. The van der Waals surface area contributed by atoms with Crippen molar-refractivity contribution in [3.05, 3.63) is 59.1 Å². The second-order valence-electron chi connectivity index (χ2n) is 3.37. The number of halogens is 1. The molecule has 15 heavy (non-hydrogen) atoms. The zero-order valence-corrected chi connectivity index (χ0v) is 11.2. The third kappa shape index (κ3) is 2.64. The highest BCUT2D eigenvalue weighted by Crippen LogP contribution is 2.33. The van der Waals surface area contributed by atoms with E-state index in [1.54, 1.807) is 0 Å². The van der Waals surface area contributed by atoms with Gasteiger partial charge >= 0.3 is 0 Å². The van der Waals surface area contributed by atoms with Gasteiger partial charge in [0.15, 0.2) is 0 Å². The molecule has 1 aromatic rings. The van der Waals surface area contributed by atoms with Crippen LogP contribution in [0.1, 0.15) is 12.5 Å². The lowest BCUT2D eigenvalue weighted by molar-refractivity contribution is 1.35. The van der Waals surface area contributed by atoms with E-state index >= 15 is 0 Å². The first-order valence-corrected chi connectivity index (χ1v) is 5.71. The minimum Gasteiger partial charge on any atom is -0.142 e. The first-order valence-electron chi connectivity index (χ1n) is 4.47. The van der Waals surface area contributed by atoms with Gasteiger partial charge in [-0.15, -0.1) is 12.6 Å². The summed E-state index contributed by atoms with van der Waals surface area (Å²) < 4.78 is 0.957. The summed E-state index contributed by atoms with van der Waals surface area (Å²) >= 11 is 7.87. The van der Waals surface area contributed by atoms with E-state index < -0.39 is 0 Å². The Hall–Kier alpha value is -0.730. The molecular weight excluding hydrogens is 268 g/mol. The van der Waals surface area contributed by atoms with Gasteiger partial charge in [0.25, 0.3) is 0 Å². The standard InChI is InChI=1S/C13H13BrS/c1-8(2)9(3)10(4)11-6-5-7-12(14)13(11)15/h5-7,15H,1,3-4H2,2H3. The maximum Gasteiger partial charge on any atom is 0.0314 e. The van der Waals surface area contributed by atoms with Gasteiger partial charge in [-0.05, 0) is 45.6 Å². The summed E-state index contributed by atoms with van der Waals surface area (Å²) in [6.07, 6.45) is 0. The number of thiol groups is 1. The minimum atomic E-state index is 0.864. The number of hydrogen-bond acceptors (Lipinski definition) is 1. The minimum absolute atomic E-state index is 0.864. The summed E-state index contributed by atoms with van der Waals surface area (Å²) in [5.41, 5.74) is 3.64. The van der Waals surface area contributed by atoms with Gasteiger partial charge in [-0.3, -0.25) is 0 Å². The van der Waals surface area contributed by atoms with Gasteiger partial charge < -0.3 is 0 Å². The highest BCUT2D eigenvalue weighted by Gasteiger charge is 2.09. The first-order chi connectivity index (χ1) is 6.95. The van der Waals surface area contributed by atoms with Gasteiger partial charge in [0.1, 0.15) is 0 Å². The molecule has 0 spiro atoms. The zero-order chi connectivity index (χ0) is 11.6. The molecule has 0 aliphatic carbocycles. The fraction of sp³-hybridized carbons (Fsp3) is 0.0769. The van der Waals surface area contributed by atoms with Crippen molar-refractivity contribution in [3.8, 4) is 0 Å². The monoisotopic (exact) mass is 280 g/mol. The Morgan fingerprint density at radius 3 is 2.40 bits per heavy atom. The van der Waals surface area contributed by atoms with Crippen molar-refractivity contribution in [1.82, 2.24) is 0 Å². The summed E-state index contributed by atoms with van der Waals surface area (Å²) in [7, 11) is 0. The SMILES string of the molecule is C=C(C)C(=C)C(=C)c1cccc(Br)c1S. The largest absolute Gasteiger partial charge is 0.142 e. The van der Waals surface area contributed by atoms with Crippen LogP contribution >= 0.6 is 28.6 Å². The third-order valence-electron chi connectivity index (χ3n) is 2.19. The van der Waals surface area contributed by atoms with E-state index in [9.17, 15) is 0 Å². The fourth-order valence-corrected chi connectivity index (χ4v) is 1.83. The van der Waals surface area contributed by atoms with Crippen molar-refractivity contribution < 1.29 is 0 Å². The van der Waals surface area contributed by atoms with E-state index in [4.69, 9.17) is 0 Å². The molecule has 1 rings (SSSR count). The average molecular weight is 281 g/mol. The van der Waals surface area contributed by atoms with Crippen LogP contribution in [0.15, 0.2) is 58.5 Å². The number of rotatable bonds is 3. The molecule has 0 N–H and O–H groups in total. The molecule has 0 amide bonds. The van der Waals surface area contributed by atoms with Crippen LogP contribution in [0.5, 0.6) is 0 Å². The molecule has 0 bridgehead atoms. The quantitative estimate of drug-likeness (QED) is 0.592. The van der Waals surface area contributed by atoms with Gasteiger partial charge in [0.05, 0.1) is 0 Å². The number of benzene rings is 1. The van der Waals surface area contributed by atoms with Gasteiger partial charge in [-0.25, -0.2) is 0 Å². The van der Waals surface area contributed by atoms with Crippen molar-refractivity contribution in [3.63, 3.8) is 0 Å². The van der Waals surface area contributed by atoms with E-state index in [0.717, 1.165) is 31.7 Å². The van der Waals surface area contributed by atoms with Crippen LogP contribution in [0.3, 0.4) is 0 Å². The highest BCUT2D eigenvalue weighted by atomic mass is 79.9. The molecule has 0 saturated heterocycles. The van der Waals surface area contributed by atoms with Crippen LogP contribution in [-0.4, -0.2) is 0 Å². The van der Waals surface area contributed by atoms with Gasteiger partial charge in [-0.2, -0.15) is 0 Å². The maximum atomic E-state index is 4.44. The second-order valence-corrected chi connectivity index (χ2v) is 4.67. The average Bonchev–Trinajstić information content (AvgIpc) is 2.20. The van der Waals surface area contributed by atoms with E-state index in [1.807, 2.05) is 25.1 Å². The summed E-state index contributed by atoms with van der Waals surface area (Å²) in [6.45, 7) is 13.7. The molecule has 0 radical (unpaired) electrons. The summed E-state index contributed by atoms with van der Waals surface area (Å²) in [4.78, 5) is 0.880. The Balaban J connectivity index is 3.18. The van der Waals surface area contributed by atoms with Crippen molar-refractivity contribution in [2.24, 2.45) is 0 Å². The summed E-state index contributed by atoms with van der Waals surface area (Å²) in [5, 5.41) is 0. The highest BCUT2D eigenvalue weighted by molar-refractivity contribution is 9.10. The molecule has 0 unspecified atom stereocenters. The molecule has 2 heteroatoms. The molecule has 0 aliphatic heterocycles. The topological polar surface area (TPSA) is 0 Å². The zero-order valence-electron chi connectivity index (χ0n) is 8.68. The Morgan fingerprint density at radius 1 is 1.27 bits per heavy atom. The molecule has 0 aromatic heterocycles. The Morgan fingerprint density at radius 2 is 1.87 bits per heavy atom. The van der Waals surface area contributed by atoms with Crippen molar-refractivity contribution in [1.29, 1.82) is 0 Å². The Bertz CT molecular complexity index is 444. The van der Waals surface area contributed by atoms with Crippen molar-refractivity contribution in [2.45, 2.75) is 11.8 Å². The van der Waals surface area contributed by atoms with Crippen molar-refractivity contribution >= 4 is 34.1 Å². The molecule has 0 aliphatic rings. The second kappa shape index (κ2) is 4.86. The molecule has 0 saturated carbocycles. The van der Waals surface area contributed by atoms with Gasteiger partial charge in [0.2, 0.25) is 0 Å². The molecular formula is C13H13BrS.